The Labute approximate surface area is 180 Å². The highest BCUT2D eigenvalue weighted by Crippen LogP contribution is 2.43. The summed E-state index contributed by atoms with van der Waals surface area (Å²) in [6.45, 7) is 0. The smallest absolute Gasteiger partial charge is 0.185 e. The highest BCUT2D eigenvalue weighted by atomic mass is 35.5. The molecule has 0 saturated heterocycles. The number of benzene rings is 1. The van der Waals surface area contributed by atoms with Gasteiger partial charge in [0.25, 0.3) is 0 Å². The molecule has 6 nitrogen and oxygen atoms in total. The molecule has 0 bridgehead atoms. The monoisotopic (exact) mass is 419 g/mol. The van der Waals surface area contributed by atoms with Gasteiger partial charge in [-0.05, 0) is 66.3 Å². The second-order valence-corrected chi connectivity index (χ2v) is 7.64. The third-order valence-corrected chi connectivity index (χ3v) is 5.32. The second kappa shape index (κ2) is 7.88. The number of pyridine rings is 2. The first-order chi connectivity index (χ1) is 14.1. The summed E-state index contributed by atoms with van der Waals surface area (Å²) < 4.78 is 1.82. The summed E-state index contributed by atoms with van der Waals surface area (Å²) in [5, 5.41) is 5.58. The fourth-order valence-electron chi connectivity index (χ4n) is 3.78. The van der Waals surface area contributed by atoms with Crippen molar-refractivity contribution in [3.8, 4) is 11.4 Å². The Hall–Kier alpha value is -3.25. The number of nitrogens with two attached hydrogens (primary N) is 1. The van der Waals surface area contributed by atoms with Crippen LogP contribution in [0.25, 0.3) is 22.3 Å². The molecule has 0 spiro atoms. The predicted molar refractivity (Wildman–Crippen MR) is 120 cm³/mol. The zero-order valence-corrected chi connectivity index (χ0v) is 17.4. The standard InChI is InChI=1S/C23H21N5O.ClH/c1-28-13-16-10-15(17(14-8-9-14)12-21(16)27-28)11-22(29)20-6-2-4-18(25-20)19-5-3-7-23(24)26-19;/h2-7,10,12-14H,8-9,11H2,1H3,(H2,24,26);1H. The van der Waals surface area contributed by atoms with Crippen LogP contribution in [0.4, 0.5) is 5.82 Å². The second-order valence-electron chi connectivity index (χ2n) is 7.64. The minimum Gasteiger partial charge on any atom is -0.384 e. The summed E-state index contributed by atoms with van der Waals surface area (Å²) in [5.41, 5.74) is 10.8. The van der Waals surface area contributed by atoms with Crippen LogP contribution >= 0.6 is 12.4 Å². The Morgan fingerprint density at radius 1 is 1.10 bits per heavy atom. The molecule has 152 valence electrons. The van der Waals surface area contributed by atoms with E-state index in [2.05, 4.69) is 27.2 Å². The lowest BCUT2D eigenvalue weighted by Gasteiger charge is -2.09. The van der Waals surface area contributed by atoms with Gasteiger partial charge in [-0.3, -0.25) is 9.48 Å². The number of nitrogen functional groups attached to an aromatic ring is 1. The van der Waals surface area contributed by atoms with Gasteiger partial charge in [-0.1, -0.05) is 12.1 Å². The number of nitrogens with zero attached hydrogens (tertiary/aromatic N) is 4. The lowest BCUT2D eigenvalue weighted by molar-refractivity contribution is 0.0988. The quantitative estimate of drug-likeness (QED) is 0.486. The first-order valence-corrected chi connectivity index (χ1v) is 9.76. The van der Waals surface area contributed by atoms with E-state index in [1.807, 2.05) is 42.2 Å². The van der Waals surface area contributed by atoms with Gasteiger partial charge in [0.15, 0.2) is 5.78 Å². The van der Waals surface area contributed by atoms with E-state index >= 15 is 0 Å². The van der Waals surface area contributed by atoms with Gasteiger partial charge in [0.05, 0.1) is 16.9 Å². The molecule has 4 aromatic rings. The van der Waals surface area contributed by atoms with Crippen molar-refractivity contribution in [1.29, 1.82) is 0 Å². The van der Waals surface area contributed by atoms with Gasteiger partial charge in [0.2, 0.25) is 0 Å². The summed E-state index contributed by atoms with van der Waals surface area (Å²) in [6, 6.07) is 15.1. The van der Waals surface area contributed by atoms with Crippen molar-refractivity contribution in [3.05, 3.63) is 71.5 Å². The van der Waals surface area contributed by atoms with Crippen LogP contribution in [0.2, 0.25) is 0 Å². The molecule has 1 aliphatic rings. The molecular weight excluding hydrogens is 398 g/mol. The number of anilines is 1. The number of carbonyl (C=O) groups is 1. The molecule has 3 aromatic heterocycles. The van der Waals surface area contributed by atoms with E-state index in [1.54, 1.807) is 12.1 Å². The van der Waals surface area contributed by atoms with E-state index in [0.717, 1.165) is 16.5 Å². The van der Waals surface area contributed by atoms with E-state index in [9.17, 15) is 4.79 Å². The van der Waals surface area contributed by atoms with Crippen molar-refractivity contribution >= 4 is 34.9 Å². The molecule has 0 atom stereocenters. The fraction of sp³-hybridized carbons (Fsp3) is 0.217. The Bertz CT molecular complexity index is 1250. The third kappa shape index (κ3) is 3.91. The number of halogens is 1. The van der Waals surface area contributed by atoms with Crippen LogP contribution in [0.5, 0.6) is 0 Å². The number of fused-ring (bicyclic) bond motifs is 1. The predicted octanol–water partition coefficient (Wildman–Crippen LogP) is 4.34. The van der Waals surface area contributed by atoms with Gasteiger partial charge >= 0.3 is 0 Å². The van der Waals surface area contributed by atoms with Crippen LogP contribution in [0.15, 0.2) is 54.7 Å². The maximum atomic E-state index is 13.1. The number of aryl methyl sites for hydroxylation is 1. The van der Waals surface area contributed by atoms with E-state index in [0.29, 0.717) is 35.2 Å². The molecule has 0 amide bonds. The zero-order valence-electron chi connectivity index (χ0n) is 16.6. The van der Waals surface area contributed by atoms with Crippen molar-refractivity contribution in [2.24, 2.45) is 7.05 Å². The number of hydrogen-bond donors (Lipinski definition) is 1. The van der Waals surface area contributed by atoms with Crippen LogP contribution in [-0.4, -0.2) is 25.5 Å². The summed E-state index contributed by atoms with van der Waals surface area (Å²) in [4.78, 5) is 21.9. The highest BCUT2D eigenvalue weighted by molar-refractivity contribution is 5.97. The van der Waals surface area contributed by atoms with Crippen molar-refractivity contribution in [3.63, 3.8) is 0 Å². The van der Waals surface area contributed by atoms with E-state index in [-0.39, 0.29) is 18.2 Å². The maximum absolute atomic E-state index is 13.1. The van der Waals surface area contributed by atoms with Gasteiger partial charge in [-0.15, -0.1) is 12.4 Å². The van der Waals surface area contributed by atoms with Gasteiger partial charge in [0.1, 0.15) is 11.5 Å². The molecule has 1 aromatic carbocycles. The Balaban J connectivity index is 0.00000218. The number of hydrogen-bond acceptors (Lipinski definition) is 5. The van der Waals surface area contributed by atoms with Crippen LogP contribution < -0.4 is 5.73 Å². The molecule has 1 aliphatic carbocycles. The topological polar surface area (TPSA) is 86.7 Å². The molecule has 1 saturated carbocycles. The van der Waals surface area contributed by atoms with E-state index in [1.165, 1.54) is 18.4 Å². The SMILES string of the molecule is Cl.Cn1cc2cc(CC(=O)c3cccc(-c4cccc(N)n4)n3)c(C3CC3)cc2n1. The van der Waals surface area contributed by atoms with Gasteiger partial charge in [-0.2, -0.15) is 5.10 Å². The number of aromatic nitrogens is 4. The molecule has 0 aliphatic heterocycles. The number of Topliss-reactive ketones (excluding diaryl/α,β-unsaturated/α-hetero) is 1. The van der Waals surface area contributed by atoms with Crippen LogP contribution in [0.3, 0.4) is 0 Å². The first-order valence-electron chi connectivity index (χ1n) is 9.76. The summed E-state index contributed by atoms with van der Waals surface area (Å²) in [6.07, 6.45) is 4.67. The van der Waals surface area contributed by atoms with Crippen molar-refractivity contribution in [1.82, 2.24) is 19.7 Å². The Morgan fingerprint density at radius 3 is 2.57 bits per heavy atom. The largest absolute Gasteiger partial charge is 0.384 e. The molecule has 0 unspecified atom stereocenters. The third-order valence-electron chi connectivity index (χ3n) is 5.32. The molecule has 3 heterocycles. The average Bonchev–Trinajstić information content (AvgIpc) is 3.49. The van der Waals surface area contributed by atoms with Gasteiger partial charge < -0.3 is 5.73 Å². The molecule has 30 heavy (non-hydrogen) atoms. The first kappa shape index (κ1) is 20.0. The van der Waals surface area contributed by atoms with Gasteiger partial charge in [0, 0.05) is 25.1 Å². The minimum absolute atomic E-state index is 0. The van der Waals surface area contributed by atoms with E-state index in [4.69, 9.17) is 5.73 Å². The highest BCUT2D eigenvalue weighted by Gasteiger charge is 2.27. The van der Waals surface area contributed by atoms with Gasteiger partial charge in [-0.25, -0.2) is 9.97 Å². The van der Waals surface area contributed by atoms with E-state index < -0.39 is 0 Å². The normalized spacial score (nSPS) is 13.2. The number of carbonyl (C=O) groups excluding carboxylic acids is 1. The molecule has 2 N–H and O–H groups in total. The minimum atomic E-state index is 0. The van der Waals surface area contributed by atoms with Crippen molar-refractivity contribution in [2.75, 3.05) is 5.73 Å². The Kier molecular flexibility index (Phi) is 5.26. The fourth-order valence-corrected chi connectivity index (χ4v) is 3.78. The lowest BCUT2D eigenvalue weighted by atomic mass is 9.96. The number of ketones is 1. The van der Waals surface area contributed by atoms with Crippen molar-refractivity contribution < 1.29 is 4.79 Å². The Morgan fingerprint density at radius 2 is 1.83 bits per heavy atom. The summed E-state index contributed by atoms with van der Waals surface area (Å²) >= 11 is 0. The van der Waals surface area contributed by atoms with Crippen LogP contribution in [-0.2, 0) is 13.5 Å². The molecule has 0 radical (unpaired) electrons. The number of rotatable bonds is 5. The lowest BCUT2D eigenvalue weighted by Crippen LogP contribution is -2.08. The molecule has 7 heteroatoms. The molecule has 1 fully saturated rings. The van der Waals surface area contributed by atoms with Crippen molar-refractivity contribution in [2.45, 2.75) is 25.2 Å². The van der Waals surface area contributed by atoms with Crippen LogP contribution in [0, 0.1) is 0 Å². The summed E-state index contributed by atoms with van der Waals surface area (Å²) in [7, 11) is 1.92. The average molecular weight is 420 g/mol. The zero-order chi connectivity index (χ0) is 20.0. The molecular formula is C23H22ClN5O. The summed E-state index contributed by atoms with van der Waals surface area (Å²) in [5.74, 6) is 0.973. The molecule has 5 rings (SSSR count). The maximum Gasteiger partial charge on any atom is 0.185 e. The van der Waals surface area contributed by atoms with Crippen LogP contribution in [0.1, 0.15) is 40.4 Å².